The van der Waals surface area contributed by atoms with Gasteiger partial charge in [0.25, 0.3) is 0 Å². The van der Waals surface area contributed by atoms with Gasteiger partial charge in [0.05, 0.1) is 16.8 Å². The van der Waals surface area contributed by atoms with E-state index < -0.39 is 6.10 Å². The summed E-state index contributed by atoms with van der Waals surface area (Å²) in [5.74, 6) is 0. The summed E-state index contributed by atoms with van der Waals surface area (Å²) in [6.07, 6.45) is -0.570. The fourth-order valence-electron chi connectivity index (χ4n) is 1.20. The van der Waals surface area contributed by atoms with Crippen LogP contribution in [0.4, 0.5) is 5.69 Å². The molecule has 84 valence electrons. The van der Waals surface area contributed by atoms with Crippen molar-refractivity contribution in [1.29, 1.82) is 0 Å². The summed E-state index contributed by atoms with van der Waals surface area (Å²) in [7, 11) is 0. The predicted molar refractivity (Wildman–Crippen MR) is 67.1 cm³/mol. The van der Waals surface area contributed by atoms with Crippen LogP contribution in [0.3, 0.4) is 0 Å². The molecule has 4 N–H and O–H groups in total. The van der Waals surface area contributed by atoms with Crippen LogP contribution in [0.25, 0.3) is 0 Å². The molecule has 0 fully saturated rings. The largest absolute Gasteiger partial charge is 0.397 e. The lowest BCUT2D eigenvalue weighted by Gasteiger charge is -2.13. The first-order valence-corrected chi connectivity index (χ1v) is 5.86. The molecule has 0 saturated carbocycles. The predicted octanol–water partition coefficient (Wildman–Crippen LogP) is 2.33. The van der Waals surface area contributed by atoms with Gasteiger partial charge in [0, 0.05) is 11.0 Å². The third-order valence-corrected chi connectivity index (χ3v) is 3.04. The first-order valence-electron chi connectivity index (χ1n) is 4.69. The van der Waals surface area contributed by atoms with Crippen molar-refractivity contribution in [2.45, 2.75) is 13.0 Å². The molecule has 0 spiro atoms. The number of anilines is 1. The zero-order valence-corrected chi connectivity index (χ0v) is 10.8. The molecular formula is C10H14BrClN2O. The molecule has 0 bridgehead atoms. The van der Waals surface area contributed by atoms with Gasteiger partial charge >= 0.3 is 0 Å². The number of nitrogens with one attached hydrogen (secondary N) is 1. The number of halogens is 2. The molecule has 0 aliphatic heterocycles. The summed E-state index contributed by atoms with van der Waals surface area (Å²) < 4.78 is 0.709. The number of aliphatic hydroxyl groups is 1. The van der Waals surface area contributed by atoms with Crippen LogP contribution in [-0.2, 0) is 0 Å². The van der Waals surface area contributed by atoms with Crippen LogP contribution >= 0.6 is 27.5 Å². The number of nitrogens with two attached hydrogens (primary N) is 1. The third-order valence-electron chi connectivity index (χ3n) is 2.07. The van der Waals surface area contributed by atoms with Gasteiger partial charge in [0.1, 0.15) is 0 Å². The quantitative estimate of drug-likeness (QED) is 0.747. The standard InChI is InChI=1S/C10H14BrClN2O/c1-2-14-5-9(15)6-3-7(11)10(13)8(12)4-6/h3-4,9,14-15H,2,5,13H2,1H3. The average Bonchev–Trinajstić information content (AvgIpc) is 2.21. The van der Waals surface area contributed by atoms with Crippen molar-refractivity contribution in [2.75, 3.05) is 18.8 Å². The van der Waals surface area contributed by atoms with Crippen LogP contribution in [0.2, 0.25) is 5.02 Å². The summed E-state index contributed by atoms with van der Waals surface area (Å²) in [6.45, 7) is 3.31. The van der Waals surface area contributed by atoms with Crippen LogP contribution in [0.1, 0.15) is 18.6 Å². The fourth-order valence-corrected chi connectivity index (χ4v) is 2.02. The Labute approximate surface area is 103 Å². The van der Waals surface area contributed by atoms with Crippen molar-refractivity contribution < 1.29 is 5.11 Å². The molecule has 15 heavy (non-hydrogen) atoms. The molecule has 0 aromatic heterocycles. The maximum absolute atomic E-state index is 9.81. The topological polar surface area (TPSA) is 58.3 Å². The smallest absolute Gasteiger partial charge is 0.0915 e. The van der Waals surface area contributed by atoms with Gasteiger partial charge in [-0.15, -0.1) is 0 Å². The molecule has 3 nitrogen and oxygen atoms in total. The minimum absolute atomic E-state index is 0.454. The van der Waals surface area contributed by atoms with E-state index in [2.05, 4.69) is 21.2 Å². The van der Waals surface area contributed by atoms with E-state index in [4.69, 9.17) is 17.3 Å². The summed E-state index contributed by atoms with van der Waals surface area (Å²) in [5, 5.41) is 13.3. The zero-order chi connectivity index (χ0) is 11.4. The Balaban J connectivity index is 2.86. The Kier molecular flexibility index (Phi) is 4.86. The van der Waals surface area contributed by atoms with Gasteiger partial charge in [-0.1, -0.05) is 18.5 Å². The molecule has 1 aromatic carbocycles. The molecular weight excluding hydrogens is 279 g/mol. The van der Waals surface area contributed by atoms with Gasteiger partial charge in [-0.2, -0.15) is 0 Å². The van der Waals surface area contributed by atoms with E-state index in [9.17, 15) is 5.11 Å². The Hall–Kier alpha value is -0.290. The second-order valence-electron chi connectivity index (χ2n) is 3.22. The van der Waals surface area contributed by atoms with Gasteiger partial charge in [0.15, 0.2) is 0 Å². The summed E-state index contributed by atoms with van der Waals surface area (Å²) >= 11 is 9.20. The molecule has 1 aromatic rings. The molecule has 1 atom stereocenters. The van der Waals surface area contributed by atoms with Crippen LogP contribution in [0.15, 0.2) is 16.6 Å². The van der Waals surface area contributed by atoms with Gasteiger partial charge in [-0.25, -0.2) is 0 Å². The SMILES string of the molecule is CCNCC(O)c1cc(Cl)c(N)c(Br)c1. The lowest BCUT2D eigenvalue weighted by molar-refractivity contribution is 0.175. The Morgan fingerprint density at radius 1 is 1.60 bits per heavy atom. The van der Waals surface area contributed by atoms with Gasteiger partial charge in [0.2, 0.25) is 0 Å². The molecule has 1 unspecified atom stereocenters. The highest BCUT2D eigenvalue weighted by Gasteiger charge is 2.11. The molecule has 0 aliphatic carbocycles. The van der Waals surface area contributed by atoms with E-state index >= 15 is 0 Å². The number of rotatable bonds is 4. The first kappa shape index (κ1) is 12.8. The number of aliphatic hydroxyl groups excluding tert-OH is 1. The number of hydrogen-bond donors (Lipinski definition) is 3. The molecule has 0 saturated heterocycles. The van der Waals surface area contributed by atoms with Crippen LogP contribution in [0, 0.1) is 0 Å². The molecule has 0 aliphatic rings. The minimum Gasteiger partial charge on any atom is -0.397 e. The zero-order valence-electron chi connectivity index (χ0n) is 8.43. The lowest BCUT2D eigenvalue weighted by atomic mass is 10.1. The summed E-state index contributed by atoms with van der Waals surface area (Å²) in [6, 6.07) is 3.47. The van der Waals surface area contributed by atoms with E-state index in [1.165, 1.54) is 0 Å². The van der Waals surface area contributed by atoms with Crippen molar-refractivity contribution in [2.24, 2.45) is 0 Å². The van der Waals surface area contributed by atoms with E-state index in [1.54, 1.807) is 12.1 Å². The number of likely N-dealkylation sites (N-methyl/N-ethyl adjacent to an activating group) is 1. The van der Waals surface area contributed by atoms with Crippen molar-refractivity contribution >= 4 is 33.2 Å². The van der Waals surface area contributed by atoms with Gasteiger partial charge < -0.3 is 16.2 Å². The highest BCUT2D eigenvalue weighted by molar-refractivity contribution is 9.10. The molecule has 0 radical (unpaired) electrons. The fraction of sp³-hybridized carbons (Fsp3) is 0.400. The number of hydrogen-bond acceptors (Lipinski definition) is 3. The Morgan fingerprint density at radius 2 is 2.27 bits per heavy atom. The highest BCUT2D eigenvalue weighted by Crippen LogP contribution is 2.31. The van der Waals surface area contributed by atoms with E-state index in [-0.39, 0.29) is 0 Å². The van der Waals surface area contributed by atoms with E-state index in [1.807, 2.05) is 6.92 Å². The molecule has 5 heteroatoms. The van der Waals surface area contributed by atoms with Crippen molar-refractivity contribution in [3.63, 3.8) is 0 Å². The molecule has 0 heterocycles. The maximum Gasteiger partial charge on any atom is 0.0915 e. The second-order valence-corrected chi connectivity index (χ2v) is 4.48. The van der Waals surface area contributed by atoms with E-state index in [0.29, 0.717) is 21.7 Å². The molecule has 1 rings (SSSR count). The van der Waals surface area contributed by atoms with Crippen molar-refractivity contribution in [3.05, 3.63) is 27.2 Å². The number of nitrogen functional groups attached to an aromatic ring is 1. The molecule has 0 amide bonds. The maximum atomic E-state index is 9.81. The summed E-state index contributed by atoms with van der Waals surface area (Å²) in [5.41, 5.74) is 6.92. The van der Waals surface area contributed by atoms with Gasteiger partial charge in [-0.05, 0) is 40.2 Å². The van der Waals surface area contributed by atoms with Crippen LogP contribution in [0.5, 0.6) is 0 Å². The number of benzene rings is 1. The van der Waals surface area contributed by atoms with Gasteiger partial charge in [-0.3, -0.25) is 0 Å². The average molecular weight is 294 g/mol. The first-order chi connectivity index (χ1) is 7.06. The van der Waals surface area contributed by atoms with Crippen LogP contribution in [-0.4, -0.2) is 18.2 Å². The van der Waals surface area contributed by atoms with E-state index in [0.717, 1.165) is 12.1 Å². The Bertz CT molecular complexity index is 323. The second kappa shape index (κ2) is 5.70. The van der Waals surface area contributed by atoms with Crippen molar-refractivity contribution in [3.8, 4) is 0 Å². The van der Waals surface area contributed by atoms with Crippen LogP contribution < -0.4 is 11.1 Å². The Morgan fingerprint density at radius 3 is 2.80 bits per heavy atom. The summed E-state index contributed by atoms with van der Waals surface area (Å²) in [4.78, 5) is 0. The normalized spacial score (nSPS) is 12.8. The lowest BCUT2D eigenvalue weighted by Crippen LogP contribution is -2.20. The third kappa shape index (κ3) is 3.34. The minimum atomic E-state index is -0.570. The van der Waals surface area contributed by atoms with Crippen molar-refractivity contribution in [1.82, 2.24) is 5.32 Å². The highest BCUT2D eigenvalue weighted by atomic mass is 79.9. The monoisotopic (exact) mass is 292 g/mol.